The van der Waals surface area contributed by atoms with Crippen molar-refractivity contribution >= 4 is 23.4 Å². The van der Waals surface area contributed by atoms with Gasteiger partial charge in [-0.05, 0) is 61.6 Å². The number of carbonyl (C=O) groups excluding carboxylic acids is 3. The molecule has 0 aromatic heterocycles. The van der Waals surface area contributed by atoms with Crippen molar-refractivity contribution in [2.24, 2.45) is 5.92 Å². The lowest BCUT2D eigenvalue weighted by molar-refractivity contribution is -0.134. The van der Waals surface area contributed by atoms with E-state index in [0.29, 0.717) is 35.4 Å². The standard InChI is InChI=1S/C27H30FN3O5/c1-31-22-9-8-20(13-25(32)29-14-16-3-2-4-18(28)11-16)36-24(22)15-35-23-10-7-19(12-21(23)27(31)34)30-26(33)17-5-6-17/h2-4,7,10-12,17,20,22,24H,5-6,8-9,13-15H2,1H3,(H,29,32)(H,30,33)/t20-,22+,24-/m0/s1. The van der Waals surface area contributed by atoms with Gasteiger partial charge in [-0.3, -0.25) is 14.4 Å². The summed E-state index contributed by atoms with van der Waals surface area (Å²) >= 11 is 0. The lowest BCUT2D eigenvalue weighted by atomic mass is 9.94. The molecule has 2 aliphatic heterocycles. The van der Waals surface area contributed by atoms with Gasteiger partial charge in [0.25, 0.3) is 5.91 Å². The second-order valence-electron chi connectivity index (χ2n) is 9.75. The number of ether oxygens (including phenoxy) is 2. The summed E-state index contributed by atoms with van der Waals surface area (Å²) in [5.74, 6) is -0.227. The highest BCUT2D eigenvalue weighted by Crippen LogP contribution is 2.34. The first-order valence-corrected chi connectivity index (χ1v) is 12.4. The smallest absolute Gasteiger partial charge is 0.257 e. The summed E-state index contributed by atoms with van der Waals surface area (Å²) in [7, 11) is 1.75. The Morgan fingerprint density at radius 3 is 2.72 bits per heavy atom. The average Bonchev–Trinajstić information content (AvgIpc) is 3.71. The maximum absolute atomic E-state index is 13.3. The molecule has 1 saturated carbocycles. The Morgan fingerprint density at radius 2 is 1.94 bits per heavy atom. The van der Waals surface area contributed by atoms with E-state index in [0.717, 1.165) is 12.8 Å². The molecule has 2 heterocycles. The van der Waals surface area contributed by atoms with Crippen LogP contribution in [-0.2, 0) is 20.9 Å². The number of anilines is 1. The van der Waals surface area contributed by atoms with Gasteiger partial charge in [-0.2, -0.15) is 0 Å². The van der Waals surface area contributed by atoms with Gasteiger partial charge in [0.1, 0.15) is 24.3 Å². The van der Waals surface area contributed by atoms with Crippen molar-refractivity contribution in [1.29, 1.82) is 0 Å². The van der Waals surface area contributed by atoms with Crippen molar-refractivity contribution in [2.75, 3.05) is 19.0 Å². The van der Waals surface area contributed by atoms with Gasteiger partial charge in [-0.1, -0.05) is 12.1 Å². The minimum Gasteiger partial charge on any atom is -0.490 e. The summed E-state index contributed by atoms with van der Waals surface area (Å²) in [5.41, 5.74) is 1.68. The average molecular weight is 496 g/mol. The van der Waals surface area contributed by atoms with Gasteiger partial charge in [0.05, 0.1) is 24.1 Å². The zero-order chi connectivity index (χ0) is 25.2. The number of hydrogen-bond acceptors (Lipinski definition) is 5. The number of hydrogen-bond donors (Lipinski definition) is 2. The Labute approximate surface area is 209 Å². The quantitative estimate of drug-likeness (QED) is 0.641. The summed E-state index contributed by atoms with van der Waals surface area (Å²) in [6.45, 7) is 0.486. The number of nitrogens with zero attached hydrogens (tertiary/aromatic N) is 1. The third-order valence-corrected chi connectivity index (χ3v) is 7.02. The van der Waals surface area contributed by atoms with E-state index >= 15 is 0 Å². The van der Waals surface area contributed by atoms with E-state index in [1.807, 2.05) is 0 Å². The highest BCUT2D eigenvalue weighted by atomic mass is 19.1. The molecule has 5 rings (SSSR count). The number of halogens is 1. The predicted octanol–water partition coefficient (Wildman–Crippen LogP) is 3.26. The first-order valence-electron chi connectivity index (χ1n) is 12.4. The molecule has 9 heteroatoms. The van der Waals surface area contributed by atoms with Gasteiger partial charge in [0.2, 0.25) is 11.8 Å². The zero-order valence-corrected chi connectivity index (χ0v) is 20.2. The Bertz CT molecular complexity index is 1170. The minimum atomic E-state index is -0.379. The van der Waals surface area contributed by atoms with Crippen molar-refractivity contribution < 1.29 is 28.2 Å². The number of rotatable bonds is 6. The van der Waals surface area contributed by atoms with Crippen molar-refractivity contribution in [3.05, 3.63) is 59.4 Å². The normalized spacial score (nSPS) is 23.4. The van der Waals surface area contributed by atoms with Crippen LogP contribution >= 0.6 is 0 Å². The van der Waals surface area contributed by atoms with E-state index in [1.165, 1.54) is 12.1 Å². The fourth-order valence-corrected chi connectivity index (χ4v) is 4.82. The van der Waals surface area contributed by atoms with Gasteiger partial charge >= 0.3 is 0 Å². The second-order valence-corrected chi connectivity index (χ2v) is 9.75. The molecule has 8 nitrogen and oxygen atoms in total. The molecule has 0 spiro atoms. The van der Waals surface area contributed by atoms with Crippen LogP contribution in [0.3, 0.4) is 0 Å². The molecular formula is C27H30FN3O5. The van der Waals surface area contributed by atoms with E-state index in [-0.39, 0.29) is 67.3 Å². The van der Waals surface area contributed by atoms with Crippen molar-refractivity contribution in [2.45, 2.75) is 56.9 Å². The van der Waals surface area contributed by atoms with Gasteiger partial charge in [-0.15, -0.1) is 0 Å². The number of nitrogens with one attached hydrogen (secondary N) is 2. The monoisotopic (exact) mass is 495 g/mol. The predicted molar refractivity (Wildman–Crippen MR) is 130 cm³/mol. The highest BCUT2D eigenvalue weighted by Gasteiger charge is 2.39. The van der Waals surface area contributed by atoms with Crippen LogP contribution in [0.25, 0.3) is 0 Å². The zero-order valence-electron chi connectivity index (χ0n) is 20.2. The third-order valence-electron chi connectivity index (χ3n) is 7.02. The van der Waals surface area contributed by atoms with Crippen LogP contribution in [0.1, 0.15) is 48.0 Å². The summed E-state index contributed by atoms with van der Waals surface area (Å²) in [5, 5.41) is 5.70. The maximum atomic E-state index is 13.3. The number of carbonyl (C=O) groups is 3. The molecule has 0 radical (unpaired) electrons. The van der Waals surface area contributed by atoms with Crippen LogP contribution < -0.4 is 15.4 Å². The molecule has 3 aliphatic rings. The summed E-state index contributed by atoms with van der Waals surface area (Å²) in [4.78, 5) is 39.6. The Morgan fingerprint density at radius 1 is 1.11 bits per heavy atom. The van der Waals surface area contributed by atoms with Gasteiger partial charge in [0.15, 0.2) is 0 Å². The summed E-state index contributed by atoms with van der Waals surface area (Å²) in [6.07, 6.45) is 2.60. The molecule has 0 unspecified atom stereocenters. The number of likely N-dealkylation sites (N-methyl/N-ethyl adjacent to an activating group) is 1. The molecule has 2 N–H and O–H groups in total. The molecule has 1 aliphatic carbocycles. The van der Waals surface area contributed by atoms with E-state index in [4.69, 9.17) is 9.47 Å². The highest BCUT2D eigenvalue weighted by molar-refractivity contribution is 6.00. The Balaban J connectivity index is 1.20. The van der Waals surface area contributed by atoms with Crippen LogP contribution in [0.5, 0.6) is 5.75 Å². The van der Waals surface area contributed by atoms with Gasteiger partial charge < -0.3 is 25.0 Å². The number of amides is 3. The van der Waals surface area contributed by atoms with E-state index < -0.39 is 0 Å². The van der Waals surface area contributed by atoms with Gasteiger partial charge in [0, 0.05) is 25.2 Å². The molecule has 2 aromatic rings. The molecular weight excluding hydrogens is 465 g/mol. The van der Waals surface area contributed by atoms with Gasteiger partial charge in [-0.25, -0.2) is 4.39 Å². The van der Waals surface area contributed by atoms with Crippen LogP contribution in [0, 0.1) is 11.7 Å². The van der Waals surface area contributed by atoms with E-state index in [1.54, 1.807) is 42.3 Å². The first kappa shape index (κ1) is 24.2. The third kappa shape index (κ3) is 5.51. The van der Waals surface area contributed by atoms with Crippen molar-refractivity contribution in [1.82, 2.24) is 10.2 Å². The molecule has 2 aromatic carbocycles. The first-order chi connectivity index (χ1) is 17.4. The molecule has 1 saturated heterocycles. The lowest BCUT2D eigenvalue weighted by Gasteiger charge is -2.42. The molecule has 0 bridgehead atoms. The fraction of sp³-hybridized carbons (Fsp3) is 0.444. The van der Waals surface area contributed by atoms with Crippen molar-refractivity contribution in [3.8, 4) is 5.75 Å². The lowest BCUT2D eigenvalue weighted by Crippen LogP contribution is -2.53. The van der Waals surface area contributed by atoms with E-state index in [2.05, 4.69) is 10.6 Å². The second kappa shape index (κ2) is 10.3. The van der Waals surface area contributed by atoms with Crippen LogP contribution in [0.15, 0.2) is 42.5 Å². The molecule has 3 atom stereocenters. The molecule has 36 heavy (non-hydrogen) atoms. The number of fused-ring (bicyclic) bond motifs is 2. The molecule has 190 valence electrons. The minimum absolute atomic E-state index is 0.0192. The summed E-state index contributed by atoms with van der Waals surface area (Å²) < 4.78 is 25.5. The fourth-order valence-electron chi connectivity index (χ4n) is 4.82. The van der Waals surface area contributed by atoms with Crippen LogP contribution in [-0.4, -0.2) is 54.5 Å². The Kier molecular flexibility index (Phi) is 6.91. The van der Waals surface area contributed by atoms with Crippen LogP contribution in [0.4, 0.5) is 10.1 Å². The van der Waals surface area contributed by atoms with Crippen molar-refractivity contribution in [3.63, 3.8) is 0 Å². The summed E-state index contributed by atoms with van der Waals surface area (Å²) in [6, 6.07) is 11.0. The Hall–Kier alpha value is -3.46. The van der Waals surface area contributed by atoms with Crippen LogP contribution in [0.2, 0.25) is 0 Å². The molecule has 2 fully saturated rings. The SMILES string of the molecule is CN1C(=O)c2cc(NC(=O)C3CC3)ccc2OC[C@@H]2O[C@H](CC(=O)NCc3cccc(F)c3)CC[C@H]21. The van der Waals surface area contributed by atoms with E-state index in [9.17, 15) is 18.8 Å². The maximum Gasteiger partial charge on any atom is 0.257 e. The number of benzene rings is 2. The largest absolute Gasteiger partial charge is 0.490 e. The molecule has 3 amide bonds. The topological polar surface area (TPSA) is 97.0 Å².